The van der Waals surface area contributed by atoms with Crippen LogP contribution in [0, 0.1) is 6.92 Å². The van der Waals surface area contributed by atoms with E-state index in [1.165, 1.54) is 0 Å². The predicted molar refractivity (Wildman–Crippen MR) is 115 cm³/mol. The van der Waals surface area contributed by atoms with Crippen LogP contribution in [-0.4, -0.2) is 22.7 Å². The molecule has 0 atom stereocenters. The van der Waals surface area contributed by atoms with Crippen molar-refractivity contribution in [3.63, 3.8) is 0 Å². The molecule has 0 bridgehead atoms. The molecule has 0 aliphatic heterocycles. The van der Waals surface area contributed by atoms with Crippen molar-refractivity contribution in [2.75, 3.05) is 11.9 Å². The van der Waals surface area contributed by atoms with Crippen molar-refractivity contribution in [3.8, 4) is 28.6 Å². The van der Waals surface area contributed by atoms with Crippen molar-refractivity contribution in [3.05, 3.63) is 83.4 Å². The third-order valence-electron chi connectivity index (χ3n) is 4.47. The minimum absolute atomic E-state index is 0.121. The zero-order valence-electron chi connectivity index (χ0n) is 16.1. The number of carbonyl (C=O) groups is 1. The van der Waals surface area contributed by atoms with Gasteiger partial charge in [0.2, 0.25) is 5.82 Å². The minimum atomic E-state index is -0.270. The molecular formula is C23H18ClN3O3. The maximum Gasteiger partial charge on any atom is 0.262 e. The maximum atomic E-state index is 12.2. The first-order chi connectivity index (χ1) is 14.6. The van der Waals surface area contributed by atoms with Gasteiger partial charge in [-0.3, -0.25) is 4.79 Å². The lowest BCUT2D eigenvalue weighted by molar-refractivity contribution is -0.118. The number of benzene rings is 3. The Morgan fingerprint density at radius 1 is 1.00 bits per heavy atom. The van der Waals surface area contributed by atoms with Gasteiger partial charge < -0.3 is 14.6 Å². The summed E-state index contributed by atoms with van der Waals surface area (Å²) in [6.07, 6.45) is 0. The molecule has 3 aromatic carbocycles. The number of nitrogens with one attached hydrogen (secondary N) is 1. The van der Waals surface area contributed by atoms with E-state index in [-0.39, 0.29) is 12.5 Å². The molecule has 0 aliphatic carbocycles. The first-order valence-corrected chi connectivity index (χ1v) is 9.65. The van der Waals surface area contributed by atoms with Crippen molar-refractivity contribution in [2.45, 2.75) is 6.92 Å². The SMILES string of the molecule is Cc1c(Cl)cccc1NC(=O)COc1ccc(-c2nc(-c3ccccc3)no2)cc1. The molecule has 4 aromatic rings. The van der Waals surface area contributed by atoms with Gasteiger partial charge in [-0.05, 0) is 48.9 Å². The first-order valence-electron chi connectivity index (χ1n) is 9.27. The number of rotatable bonds is 6. The molecule has 0 fully saturated rings. The summed E-state index contributed by atoms with van der Waals surface area (Å²) in [7, 11) is 0. The average Bonchev–Trinajstić information content (AvgIpc) is 3.27. The van der Waals surface area contributed by atoms with Gasteiger partial charge in [0.05, 0.1) is 0 Å². The number of halogens is 1. The molecule has 150 valence electrons. The number of amides is 1. The van der Waals surface area contributed by atoms with Gasteiger partial charge in [-0.25, -0.2) is 0 Å². The standard InChI is InChI=1S/C23H18ClN3O3/c1-15-19(24)8-5-9-20(15)25-21(28)14-29-18-12-10-17(11-13-18)23-26-22(27-30-23)16-6-3-2-4-7-16/h2-13H,14H2,1H3,(H,25,28). The van der Waals surface area contributed by atoms with Gasteiger partial charge in [0, 0.05) is 21.8 Å². The average molecular weight is 420 g/mol. The lowest BCUT2D eigenvalue weighted by Gasteiger charge is -2.10. The Morgan fingerprint density at radius 3 is 2.53 bits per heavy atom. The van der Waals surface area contributed by atoms with Gasteiger partial charge in [0.15, 0.2) is 6.61 Å². The summed E-state index contributed by atoms with van der Waals surface area (Å²) in [6.45, 7) is 1.72. The van der Waals surface area contributed by atoms with Gasteiger partial charge in [-0.15, -0.1) is 0 Å². The second kappa shape index (κ2) is 8.80. The molecule has 1 aromatic heterocycles. The molecule has 4 rings (SSSR count). The van der Waals surface area contributed by atoms with Gasteiger partial charge >= 0.3 is 0 Å². The molecular weight excluding hydrogens is 402 g/mol. The summed E-state index contributed by atoms with van der Waals surface area (Å²) in [5.41, 5.74) is 3.12. The Balaban J connectivity index is 1.37. The maximum absolute atomic E-state index is 12.2. The predicted octanol–water partition coefficient (Wildman–Crippen LogP) is 5.38. The van der Waals surface area contributed by atoms with Crippen LogP contribution >= 0.6 is 11.6 Å². The van der Waals surface area contributed by atoms with E-state index in [4.69, 9.17) is 20.9 Å². The number of aromatic nitrogens is 2. The van der Waals surface area contributed by atoms with Crippen LogP contribution in [0.2, 0.25) is 5.02 Å². The summed E-state index contributed by atoms with van der Waals surface area (Å²) in [4.78, 5) is 16.6. The topological polar surface area (TPSA) is 77.2 Å². The van der Waals surface area contributed by atoms with E-state index in [0.29, 0.717) is 28.2 Å². The summed E-state index contributed by atoms with van der Waals surface area (Å²) in [6, 6.07) is 22.1. The monoisotopic (exact) mass is 419 g/mol. The van der Waals surface area contributed by atoms with Gasteiger partial charge in [-0.2, -0.15) is 4.98 Å². The van der Waals surface area contributed by atoms with Gasteiger partial charge in [0.1, 0.15) is 5.75 Å². The lowest BCUT2D eigenvalue weighted by atomic mass is 10.2. The normalized spacial score (nSPS) is 10.6. The zero-order valence-corrected chi connectivity index (χ0v) is 16.9. The summed E-state index contributed by atoms with van der Waals surface area (Å²) in [5, 5.41) is 7.41. The highest BCUT2D eigenvalue weighted by Crippen LogP contribution is 2.25. The van der Waals surface area contributed by atoms with Crippen molar-refractivity contribution >= 4 is 23.2 Å². The molecule has 0 unspecified atom stereocenters. The highest BCUT2D eigenvalue weighted by atomic mass is 35.5. The molecule has 0 saturated carbocycles. The third-order valence-corrected chi connectivity index (χ3v) is 4.88. The number of carbonyl (C=O) groups excluding carboxylic acids is 1. The lowest BCUT2D eigenvalue weighted by Crippen LogP contribution is -2.20. The smallest absolute Gasteiger partial charge is 0.262 e. The first kappa shape index (κ1) is 19.7. The highest BCUT2D eigenvalue weighted by Gasteiger charge is 2.11. The quantitative estimate of drug-likeness (QED) is 0.453. The molecule has 0 spiro atoms. The van der Waals surface area contributed by atoms with Crippen LogP contribution in [0.15, 0.2) is 77.3 Å². The van der Waals surface area contributed by atoms with E-state index in [1.54, 1.807) is 42.5 Å². The van der Waals surface area contributed by atoms with Gasteiger partial charge in [0.25, 0.3) is 11.8 Å². The van der Waals surface area contributed by atoms with E-state index in [0.717, 1.165) is 16.7 Å². The van der Waals surface area contributed by atoms with Crippen molar-refractivity contribution in [1.82, 2.24) is 10.1 Å². The molecule has 7 heteroatoms. The number of nitrogens with zero attached hydrogens (tertiary/aromatic N) is 2. The Morgan fingerprint density at radius 2 is 1.77 bits per heavy atom. The summed E-state index contributed by atoms with van der Waals surface area (Å²) >= 11 is 6.07. The van der Waals surface area contributed by atoms with Crippen LogP contribution < -0.4 is 10.1 Å². The molecule has 0 saturated heterocycles. The van der Waals surface area contributed by atoms with Crippen molar-refractivity contribution in [1.29, 1.82) is 0 Å². The molecule has 30 heavy (non-hydrogen) atoms. The Bertz CT molecular complexity index is 1160. The van der Waals surface area contributed by atoms with Crippen LogP contribution in [0.4, 0.5) is 5.69 Å². The van der Waals surface area contributed by atoms with Crippen LogP contribution in [0.25, 0.3) is 22.8 Å². The van der Waals surface area contributed by atoms with E-state index >= 15 is 0 Å². The number of hydrogen-bond donors (Lipinski definition) is 1. The fraction of sp³-hybridized carbons (Fsp3) is 0.0870. The zero-order chi connectivity index (χ0) is 20.9. The van der Waals surface area contributed by atoms with Crippen molar-refractivity contribution < 1.29 is 14.1 Å². The molecule has 1 N–H and O–H groups in total. The Kier molecular flexibility index (Phi) is 5.77. The number of anilines is 1. The van der Waals surface area contributed by atoms with Crippen LogP contribution in [0.5, 0.6) is 5.75 Å². The van der Waals surface area contributed by atoms with E-state index in [9.17, 15) is 4.79 Å². The Hall–Kier alpha value is -3.64. The minimum Gasteiger partial charge on any atom is -0.484 e. The molecule has 0 aliphatic rings. The second-order valence-corrected chi connectivity index (χ2v) is 6.97. The third kappa shape index (κ3) is 4.50. The van der Waals surface area contributed by atoms with E-state index < -0.39 is 0 Å². The largest absolute Gasteiger partial charge is 0.484 e. The van der Waals surface area contributed by atoms with Crippen molar-refractivity contribution in [2.24, 2.45) is 0 Å². The number of ether oxygens (including phenoxy) is 1. The number of hydrogen-bond acceptors (Lipinski definition) is 5. The van der Waals surface area contributed by atoms with Gasteiger partial charge in [-0.1, -0.05) is 53.2 Å². The molecule has 1 amide bonds. The summed E-state index contributed by atoms with van der Waals surface area (Å²) in [5.74, 6) is 1.22. The molecule has 1 heterocycles. The van der Waals surface area contributed by atoms with Crippen LogP contribution in [-0.2, 0) is 4.79 Å². The molecule has 0 radical (unpaired) electrons. The Labute approximate surface area is 178 Å². The van der Waals surface area contributed by atoms with Crippen LogP contribution in [0.3, 0.4) is 0 Å². The summed E-state index contributed by atoms with van der Waals surface area (Å²) < 4.78 is 10.9. The van der Waals surface area contributed by atoms with E-state index in [1.807, 2.05) is 37.3 Å². The fourth-order valence-corrected chi connectivity index (χ4v) is 2.99. The molecule has 6 nitrogen and oxygen atoms in total. The van der Waals surface area contributed by atoms with E-state index in [2.05, 4.69) is 15.5 Å². The second-order valence-electron chi connectivity index (χ2n) is 6.56. The highest BCUT2D eigenvalue weighted by molar-refractivity contribution is 6.31. The van der Waals surface area contributed by atoms with Crippen LogP contribution in [0.1, 0.15) is 5.56 Å². The fourth-order valence-electron chi connectivity index (χ4n) is 2.82.